The molecule has 20 heavy (non-hydrogen) atoms. The molecule has 1 aromatic heterocycles. The molecule has 1 aromatic rings. The van der Waals surface area contributed by atoms with Crippen LogP contribution in [0.3, 0.4) is 0 Å². The molecule has 1 aliphatic rings. The van der Waals surface area contributed by atoms with Crippen molar-refractivity contribution in [3.63, 3.8) is 0 Å². The van der Waals surface area contributed by atoms with Crippen LogP contribution < -0.4 is 10.0 Å². The fourth-order valence-corrected chi connectivity index (χ4v) is 1.94. The fourth-order valence-electron chi connectivity index (χ4n) is 1.94. The summed E-state index contributed by atoms with van der Waals surface area (Å²) in [5.41, 5.74) is -1.36. The lowest BCUT2D eigenvalue weighted by Gasteiger charge is -2.21. The van der Waals surface area contributed by atoms with E-state index in [-0.39, 0.29) is 28.9 Å². The Kier molecular flexibility index (Phi) is 3.21. The molecular weight excluding hydrogens is 262 g/mol. The van der Waals surface area contributed by atoms with Gasteiger partial charge in [0, 0.05) is 6.07 Å². The van der Waals surface area contributed by atoms with Crippen LogP contribution in [0, 0.1) is 11.1 Å². The van der Waals surface area contributed by atoms with Crippen molar-refractivity contribution in [3.05, 3.63) is 34.8 Å². The van der Waals surface area contributed by atoms with Gasteiger partial charge in [0.1, 0.15) is 11.1 Å². The standard InChI is InChI=1S/C13H15N3O4/c1-7(2)13(3)12(19)14-10(15-13)9-8(11(17)18)5-4-6-16(9)20/h4-7H,1-3H3,(H,17,18)(H,14,15,19). The fraction of sp³-hybridized carbons (Fsp3) is 0.385. The average Bonchev–Trinajstić information content (AvgIpc) is 2.66. The molecule has 106 valence electrons. The number of pyridine rings is 1. The molecule has 1 aliphatic heterocycles. The Morgan fingerprint density at radius 1 is 1.55 bits per heavy atom. The van der Waals surface area contributed by atoms with Crippen molar-refractivity contribution in [2.75, 3.05) is 0 Å². The summed E-state index contributed by atoms with van der Waals surface area (Å²) in [6.07, 6.45) is 1.17. The minimum absolute atomic E-state index is 0.000741. The molecule has 0 bridgehead atoms. The second-order valence-electron chi connectivity index (χ2n) is 5.12. The zero-order valence-corrected chi connectivity index (χ0v) is 11.4. The van der Waals surface area contributed by atoms with Crippen molar-refractivity contribution in [3.8, 4) is 0 Å². The maximum atomic E-state index is 12.0. The second kappa shape index (κ2) is 4.59. The van der Waals surface area contributed by atoms with Crippen molar-refractivity contribution in [1.82, 2.24) is 5.32 Å². The van der Waals surface area contributed by atoms with Crippen molar-refractivity contribution in [1.29, 1.82) is 0 Å². The summed E-state index contributed by atoms with van der Waals surface area (Å²) in [6, 6.07) is 2.63. The number of carboxylic acids is 1. The minimum Gasteiger partial charge on any atom is -0.618 e. The van der Waals surface area contributed by atoms with Crippen LogP contribution in [-0.2, 0) is 4.79 Å². The Hall–Kier alpha value is -2.44. The number of carbonyl (C=O) groups excluding carboxylic acids is 1. The van der Waals surface area contributed by atoms with E-state index in [1.165, 1.54) is 18.3 Å². The van der Waals surface area contributed by atoms with Gasteiger partial charge >= 0.3 is 5.97 Å². The van der Waals surface area contributed by atoms with Gasteiger partial charge in [-0.3, -0.25) is 4.79 Å². The topological polar surface area (TPSA) is 106 Å². The zero-order valence-electron chi connectivity index (χ0n) is 11.4. The summed E-state index contributed by atoms with van der Waals surface area (Å²) in [5.74, 6) is -1.68. The van der Waals surface area contributed by atoms with Crippen LogP contribution in [0.5, 0.6) is 0 Å². The quantitative estimate of drug-likeness (QED) is 0.612. The van der Waals surface area contributed by atoms with Crippen LogP contribution in [0.15, 0.2) is 23.3 Å². The molecule has 7 heteroatoms. The van der Waals surface area contributed by atoms with Crippen molar-refractivity contribution >= 4 is 17.7 Å². The lowest BCUT2D eigenvalue weighted by molar-refractivity contribution is -0.607. The van der Waals surface area contributed by atoms with Gasteiger partial charge < -0.3 is 15.6 Å². The van der Waals surface area contributed by atoms with E-state index in [4.69, 9.17) is 5.11 Å². The molecule has 0 spiro atoms. The van der Waals surface area contributed by atoms with Gasteiger partial charge in [-0.15, -0.1) is 0 Å². The number of carbonyl (C=O) groups is 2. The van der Waals surface area contributed by atoms with E-state index in [9.17, 15) is 14.8 Å². The van der Waals surface area contributed by atoms with E-state index in [1.807, 2.05) is 13.8 Å². The number of hydrogen-bond acceptors (Lipinski definition) is 4. The number of rotatable bonds is 3. The highest BCUT2D eigenvalue weighted by atomic mass is 16.5. The van der Waals surface area contributed by atoms with E-state index in [2.05, 4.69) is 10.3 Å². The number of carboxylic acid groups (broad SMARTS) is 1. The molecule has 1 amide bonds. The second-order valence-corrected chi connectivity index (χ2v) is 5.12. The molecule has 0 radical (unpaired) electrons. The number of aromatic nitrogens is 1. The Bertz CT molecular complexity index is 624. The van der Waals surface area contributed by atoms with Crippen LogP contribution in [0.4, 0.5) is 0 Å². The number of amides is 1. The largest absolute Gasteiger partial charge is 0.618 e. The van der Waals surface area contributed by atoms with Crippen molar-refractivity contribution in [2.24, 2.45) is 10.9 Å². The average molecular weight is 277 g/mol. The molecule has 0 aromatic carbocycles. The smallest absolute Gasteiger partial charge is 0.342 e. The summed E-state index contributed by atoms with van der Waals surface area (Å²) in [5, 5.41) is 23.5. The monoisotopic (exact) mass is 277 g/mol. The third-order valence-corrected chi connectivity index (χ3v) is 3.57. The number of nitrogens with zero attached hydrogens (tertiary/aromatic N) is 2. The van der Waals surface area contributed by atoms with E-state index >= 15 is 0 Å². The number of amidine groups is 1. The molecule has 7 nitrogen and oxygen atoms in total. The van der Waals surface area contributed by atoms with Gasteiger partial charge in [-0.25, -0.2) is 9.79 Å². The number of hydrogen-bond donors (Lipinski definition) is 2. The van der Waals surface area contributed by atoms with Crippen molar-refractivity contribution < 1.29 is 19.4 Å². The van der Waals surface area contributed by atoms with Gasteiger partial charge in [-0.2, -0.15) is 4.73 Å². The molecule has 0 fully saturated rings. The first-order chi connectivity index (χ1) is 9.27. The summed E-state index contributed by atoms with van der Waals surface area (Å²) in [4.78, 5) is 27.5. The molecule has 0 saturated heterocycles. The van der Waals surface area contributed by atoms with Gasteiger partial charge in [0.05, 0.1) is 0 Å². The number of aromatic carboxylic acids is 1. The number of aliphatic imine (C=N–C) groups is 1. The Morgan fingerprint density at radius 3 is 2.70 bits per heavy atom. The molecule has 0 aliphatic carbocycles. The molecule has 2 heterocycles. The lowest BCUT2D eigenvalue weighted by atomic mass is 9.89. The third kappa shape index (κ3) is 2.01. The van der Waals surface area contributed by atoms with Crippen LogP contribution >= 0.6 is 0 Å². The minimum atomic E-state index is -1.25. The van der Waals surface area contributed by atoms with Gasteiger partial charge in [0.15, 0.2) is 6.20 Å². The summed E-state index contributed by atoms with van der Waals surface area (Å²) < 4.78 is 0.397. The number of nitrogens with one attached hydrogen (secondary N) is 1. The highest BCUT2D eigenvalue weighted by Crippen LogP contribution is 2.26. The molecule has 2 N–H and O–H groups in total. The maximum absolute atomic E-state index is 12.0. The predicted octanol–water partition coefficient (Wildman–Crippen LogP) is 0.309. The molecule has 2 rings (SSSR count). The van der Waals surface area contributed by atoms with Crippen LogP contribution in [0.2, 0.25) is 0 Å². The zero-order chi connectivity index (χ0) is 15.1. The summed E-state index contributed by atoms with van der Waals surface area (Å²) in [7, 11) is 0. The van der Waals surface area contributed by atoms with Crippen LogP contribution in [0.25, 0.3) is 0 Å². The molecular formula is C13H15N3O4. The molecule has 0 saturated carbocycles. The van der Waals surface area contributed by atoms with Crippen LogP contribution in [0.1, 0.15) is 36.8 Å². The lowest BCUT2D eigenvalue weighted by Crippen LogP contribution is -2.44. The van der Waals surface area contributed by atoms with E-state index < -0.39 is 11.5 Å². The third-order valence-electron chi connectivity index (χ3n) is 3.57. The summed E-state index contributed by atoms with van der Waals surface area (Å²) in [6.45, 7) is 5.32. The van der Waals surface area contributed by atoms with Crippen molar-refractivity contribution in [2.45, 2.75) is 26.3 Å². The first-order valence-corrected chi connectivity index (χ1v) is 6.14. The van der Waals surface area contributed by atoms with E-state index in [0.717, 1.165) is 0 Å². The summed E-state index contributed by atoms with van der Waals surface area (Å²) >= 11 is 0. The Labute approximate surface area is 115 Å². The predicted molar refractivity (Wildman–Crippen MR) is 70.3 cm³/mol. The Morgan fingerprint density at radius 2 is 2.20 bits per heavy atom. The van der Waals surface area contributed by atoms with E-state index in [0.29, 0.717) is 4.73 Å². The first kappa shape index (κ1) is 14.0. The van der Waals surface area contributed by atoms with Gasteiger partial charge in [0.25, 0.3) is 11.6 Å². The Balaban J connectivity index is 2.60. The first-order valence-electron chi connectivity index (χ1n) is 6.14. The van der Waals surface area contributed by atoms with Gasteiger partial charge in [0.2, 0.25) is 5.84 Å². The van der Waals surface area contributed by atoms with Crippen LogP contribution in [-0.4, -0.2) is 28.4 Å². The molecule has 1 atom stereocenters. The van der Waals surface area contributed by atoms with Gasteiger partial charge in [-0.1, -0.05) is 13.8 Å². The highest BCUT2D eigenvalue weighted by Gasteiger charge is 2.44. The highest BCUT2D eigenvalue weighted by molar-refractivity contribution is 6.16. The maximum Gasteiger partial charge on any atom is 0.342 e. The SMILES string of the molecule is CC(C)C1(C)N=C(c2c(C(=O)O)ccc[n+]2[O-])NC1=O. The molecule has 1 unspecified atom stereocenters. The normalized spacial score (nSPS) is 21.8. The van der Waals surface area contributed by atoms with Gasteiger partial charge in [-0.05, 0) is 18.9 Å². The van der Waals surface area contributed by atoms with E-state index in [1.54, 1.807) is 6.92 Å².